The van der Waals surface area contributed by atoms with Crippen molar-refractivity contribution in [3.63, 3.8) is 0 Å². The van der Waals surface area contributed by atoms with Crippen LogP contribution < -0.4 is 14.8 Å². The zero-order valence-corrected chi connectivity index (χ0v) is 15.7. The number of carbonyl (C=O) groups excluding carboxylic acids is 2. The minimum absolute atomic E-state index is 0.0610. The van der Waals surface area contributed by atoms with Gasteiger partial charge in [0.15, 0.2) is 11.9 Å². The summed E-state index contributed by atoms with van der Waals surface area (Å²) in [7, 11) is 1.54. The number of methoxy groups -OCH3 is 1. The fraction of sp³-hybridized carbons (Fsp3) is 0.130. The van der Waals surface area contributed by atoms with Crippen molar-refractivity contribution >= 4 is 17.4 Å². The molecule has 0 bridgehead atoms. The smallest absolute Gasteiger partial charge is 0.265 e. The van der Waals surface area contributed by atoms with Crippen molar-refractivity contribution in [3.8, 4) is 11.5 Å². The van der Waals surface area contributed by atoms with E-state index in [-0.39, 0.29) is 11.7 Å². The Morgan fingerprint density at radius 2 is 1.43 bits per heavy atom. The van der Waals surface area contributed by atoms with Gasteiger partial charge in [-0.2, -0.15) is 0 Å². The number of rotatable bonds is 7. The Morgan fingerprint density at radius 1 is 0.821 bits per heavy atom. The number of hydrogen-bond donors (Lipinski definition) is 1. The molecule has 0 heterocycles. The highest BCUT2D eigenvalue weighted by Crippen LogP contribution is 2.23. The van der Waals surface area contributed by atoms with Crippen molar-refractivity contribution in [2.75, 3.05) is 12.4 Å². The maximum atomic E-state index is 12.4. The van der Waals surface area contributed by atoms with Gasteiger partial charge < -0.3 is 14.8 Å². The minimum atomic E-state index is -0.722. The number of benzene rings is 3. The maximum Gasteiger partial charge on any atom is 0.265 e. The van der Waals surface area contributed by atoms with Crippen molar-refractivity contribution in [1.82, 2.24) is 0 Å². The second-order valence-corrected chi connectivity index (χ2v) is 6.17. The zero-order valence-electron chi connectivity index (χ0n) is 15.7. The summed E-state index contributed by atoms with van der Waals surface area (Å²) in [6, 6.07) is 23.0. The predicted octanol–water partition coefficient (Wildman–Crippen LogP) is 4.33. The minimum Gasteiger partial charge on any atom is -0.495 e. The Morgan fingerprint density at radius 3 is 2.11 bits per heavy atom. The van der Waals surface area contributed by atoms with E-state index in [0.717, 1.165) is 0 Å². The van der Waals surface area contributed by atoms with Gasteiger partial charge in [0.25, 0.3) is 5.91 Å². The van der Waals surface area contributed by atoms with Gasteiger partial charge in [-0.3, -0.25) is 9.59 Å². The normalized spacial score (nSPS) is 11.4. The van der Waals surface area contributed by atoms with Gasteiger partial charge in [-0.05, 0) is 43.3 Å². The molecule has 5 nitrogen and oxygen atoms in total. The number of nitrogens with one attached hydrogen (secondary N) is 1. The molecule has 142 valence electrons. The van der Waals surface area contributed by atoms with Gasteiger partial charge in [0.1, 0.15) is 11.5 Å². The molecular formula is C23H21NO4. The zero-order chi connectivity index (χ0) is 19.9. The van der Waals surface area contributed by atoms with Crippen LogP contribution in [0.2, 0.25) is 0 Å². The highest BCUT2D eigenvalue weighted by molar-refractivity contribution is 6.09. The number of para-hydroxylation sites is 2. The van der Waals surface area contributed by atoms with Gasteiger partial charge in [0, 0.05) is 11.1 Å². The van der Waals surface area contributed by atoms with Gasteiger partial charge in [-0.1, -0.05) is 42.5 Å². The summed E-state index contributed by atoms with van der Waals surface area (Å²) in [6.07, 6.45) is -0.722. The molecule has 0 aliphatic heterocycles. The van der Waals surface area contributed by atoms with Crippen molar-refractivity contribution in [2.45, 2.75) is 13.0 Å². The molecule has 0 spiro atoms. The summed E-state index contributed by atoms with van der Waals surface area (Å²) in [5.41, 5.74) is 1.76. The van der Waals surface area contributed by atoms with Gasteiger partial charge in [0.2, 0.25) is 0 Å². The van der Waals surface area contributed by atoms with E-state index in [1.807, 2.05) is 30.3 Å². The van der Waals surface area contributed by atoms with Crippen LogP contribution in [0.25, 0.3) is 0 Å². The summed E-state index contributed by atoms with van der Waals surface area (Å²) in [6.45, 7) is 1.66. The van der Waals surface area contributed by atoms with E-state index in [2.05, 4.69) is 5.32 Å². The van der Waals surface area contributed by atoms with Crippen LogP contribution >= 0.6 is 0 Å². The predicted molar refractivity (Wildman–Crippen MR) is 108 cm³/mol. The van der Waals surface area contributed by atoms with Crippen molar-refractivity contribution in [2.24, 2.45) is 0 Å². The van der Waals surface area contributed by atoms with Gasteiger partial charge in [-0.15, -0.1) is 0 Å². The van der Waals surface area contributed by atoms with Gasteiger partial charge in [-0.25, -0.2) is 0 Å². The summed E-state index contributed by atoms with van der Waals surface area (Å²) < 4.78 is 10.9. The molecule has 0 fully saturated rings. The third-order valence-corrected chi connectivity index (χ3v) is 4.20. The Balaban J connectivity index is 1.63. The van der Waals surface area contributed by atoms with Crippen LogP contribution in [0.15, 0.2) is 78.9 Å². The molecule has 1 atom stereocenters. The largest absolute Gasteiger partial charge is 0.495 e. The monoisotopic (exact) mass is 375 g/mol. The van der Waals surface area contributed by atoms with Crippen molar-refractivity contribution < 1.29 is 19.1 Å². The van der Waals surface area contributed by atoms with E-state index in [4.69, 9.17) is 9.47 Å². The van der Waals surface area contributed by atoms with E-state index in [9.17, 15) is 9.59 Å². The average molecular weight is 375 g/mol. The molecule has 0 saturated carbocycles. The summed E-state index contributed by atoms with van der Waals surface area (Å²) >= 11 is 0. The molecule has 0 aliphatic carbocycles. The summed E-state index contributed by atoms with van der Waals surface area (Å²) in [5, 5.41) is 2.79. The molecule has 0 aliphatic rings. The first-order valence-electron chi connectivity index (χ1n) is 8.89. The molecular weight excluding hydrogens is 354 g/mol. The molecule has 1 amide bonds. The molecule has 28 heavy (non-hydrogen) atoms. The van der Waals surface area contributed by atoms with E-state index >= 15 is 0 Å². The standard InChI is InChI=1S/C23H21NO4/c1-16(23(26)24-20-10-6-7-11-21(20)27-2)28-19-14-12-18(13-15-19)22(25)17-8-4-3-5-9-17/h3-16H,1-2H3,(H,24,26)/t16-/m1/s1. The molecule has 1 N–H and O–H groups in total. The summed E-state index contributed by atoms with van der Waals surface area (Å²) in [5.74, 6) is 0.724. The first kappa shape index (κ1) is 19.2. The summed E-state index contributed by atoms with van der Waals surface area (Å²) in [4.78, 5) is 24.8. The van der Waals surface area contributed by atoms with Crippen LogP contribution in [0.3, 0.4) is 0 Å². The molecule has 5 heteroatoms. The number of ketones is 1. The fourth-order valence-corrected chi connectivity index (χ4v) is 2.68. The fourth-order valence-electron chi connectivity index (χ4n) is 2.68. The Hall–Kier alpha value is -3.60. The van der Waals surface area contributed by atoms with Crippen LogP contribution in [0.4, 0.5) is 5.69 Å². The molecule has 3 aromatic rings. The average Bonchev–Trinajstić information content (AvgIpc) is 2.74. The van der Waals surface area contributed by atoms with E-state index in [1.54, 1.807) is 62.6 Å². The van der Waals surface area contributed by atoms with E-state index in [1.165, 1.54) is 0 Å². The van der Waals surface area contributed by atoms with Crippen LogP contribution in [0.5, 0.6) is 11.5 Å². The quantitative estimate of drug-likeness (QED) is 0.624. The SMILES string of the molecule is COc1ccccc1NC(=O)[C@@H](C)Oc1ccc(C(=O)c2ccccc2)cc1. The highest BCUT2D eigenvalue weighted by Gasteiger charge is 2.17. The topological polar surface area (TPSA) is 64.6 Å². The third kappa shape index (κ3) is 4.57. The maximum absolute atomic E-state index is 12.4. The molecule has 0 radical (unpaired) electrons. The van der Waals surface area contributed by atoms with Crippen molar-refractivity contribution in [1.29, 1.82) is 0 Å². The molecule has 3 rings (SSSR count). The first-order valence-corrected chi connectivity index (χ1v) is 8.89. The van der Waals surface area contributed by atoms with Crippen molar-refractivity contribution in [3.05, 3.63) is 90.0 Å². The van der Waals surface area contributed by atoms with E-state index in [0.29, 0.717) is 28.3 Å². The van der Waals surface area contributed by atoms with Crippen LogP contribution in [0, 0.1) is 0 Å². The number of carbonyl (C=O) groups is 2. The lowest BCUT2D eigenvalue weighted by Crippen LogP contribution is -2.30. The lowest BCUT2D eigenvalue weighted by Gasteiger charge is -2.16. The molecule has 0 aromatic heterocycles. The lowest BCUT2D eigenvalue weighted by molar-refractivity contribution is -0.122. The van der Waals surface area contributed by atoms with Gasteiger partial charge >= 0.3 is 0 Å². The highest BCUT2D eigenvalue weighted by atomic mass is 16.5. The lowest BCUT2D eigenvalue weighted by atomic mass is 10.0. The Kier molecular flexibility index (Phi) is 6.07. The molecule has 0 saturated heterocycles. The van der Waals surface area contributed by atoms with Gasteiger partial charge in [0.05, 0.1) is 12.8 Å². The second kappa shape index (κ2) is 8.86. The van der Waals surface area contributed by atoms with Crippen LogP contribution in [-0.2, 0) is 4.79 Å². The molecule has 3 aromatic carbocycles. The third-order valence-electron chi connectivity index (χ3n) is 4.20. The number of ether oxygens (including phenoxy) is 2. The van der Waals surface area contributed by atoms with Crippen LogP contribution in [0.1, 0.15) is 22.8 Å². The first-order chi connectivity index (χ1) is 13.6. The number of amides is 1. The number of hydrogen-bond acceptors (Lipinski definition) is 4. The Labute approximate surface area is 163 Å². The second-order valence-electron chi connectivity index (χ2n) is 6.17. The van der Waals surface area contributed by atoms with E-state index < -0.39 is 6.10 Å². The van der Waals surface area contributed by atoms with Crippen LogP contribution in [-0.4, -0.2) is 24.9 Å². The molecule has 0 unspecified atom stereocenters. The number of anilines is 1. The Bertz CT molecular complexity index is 952.